The third kappa shape index (κ3) is 4.26. The van der Waals surface area contributed by atoms with Crippen LogP contribution in [0, 0.1) is 13.8 Å². The third-order valence-electron chi connectivity index (χ3n) is 6.83. The van der Waals surface area contributed by atoms with Crippen LogP contribution in [0.15, 0.2) is 60.9 Å². The molecular formula is C29H27ClN4O. The first-order chi connectivity index (χ1) is 17.0. The number of hydrogen-bond donors (Lipinski definition) is 2. The summed E-state index contributed by atoms with van der Waals surface area (Å²) in [5.74, 6) is 0.863. The average Bonchev–Trinajstić information content (AvgIpc) is 3.27. The van der Waals surface area contributed by atoms with Crippen molar-refractivity contribution in [3.8, 4) is 28.0 Å². The van der Waals surface area contributed by atoms with Gasteiger partial charge in [0.05, 0.1) is 28.9 Å². The predicted molar refractivity (Wildman–Crippen MR) is 143 cm³/mol. The van der Waals surface area contributed by atoms with Gasteiger partial charge in [-0.25, -0.2) is 0 Å². The average molecular weight is 483 g/mol. The molecule has 0 bridgehead atoms. The van der Waals surface area contributed by atoms with E-state index in [9.17, 15) is 0 Å². The van der Waals surface area contributed by atoms with E-state index in [0.717, 1.165) is 62.8 Å². The zero-order valence-corrected chi connectivity index (χ0v) is 20.6. The van der Waals surface area contributed by atoms with Gasteiger partial charge in [0.25, 0.3) is 0 Å². The van der Waals surface area contributed by atoms with Crippen LogP contribution in [0.3, 0.4) is 0 Å². The Kier molecular flexibility index (Phi) is 5.67. The second-order valence-corrected chi connectivity index (χ2v) is 9.88. The molecule has 5 nitrogen and oxygen atoms in total. The van der Waals surface area contributed by atoms with Gasteiger partial charge in [-0.2, -0.15) is 5.10 Å². The second kappa shape index (κ2) is 8.99. The fourth-order valence-electron chi connectivity index (χ4n) is 4.91. The molecule has 1 aliphatic rings. The first-order valence-electron chi connectivity index (χ1n) is 12.1. The number of aromatic amines is 1. The van der Waals surface area contributed by atoms with Crippen LogP contribution in [0.1, 0.15) is 24.0 Å². The first-order valence-corrected chi connectivity index (χ1v) is 12.4. The Labute approximate surface area is 209 Å². The zero-order chi connectivity index (χ0) is 23.9. The summed E-state index contributed by atoms with van der Waals surface area (Å²) in [6.07, 6.45) is 5.94. The van der Waals surface area contributed by atoms with Crippen molar-refractivity contribution in [2.24, 2.45) is 0 Å². The highest BCUT2D eigenvalue weighted by Crippen LogP contribution is 2.41. The normalized spacial score (nSPS) is 15.5. The van der Waals surface area contributed by atoms with E-state index in [-0.39, 0.29) is 0 Å². The van der Waals surface area contributed by atoms with Gasteiger partial charge < -0.3 is 10.1 Å². The topological polar surface area (TPSA) is 62.8 Å². The molecule has 2 N–H and O–H groups in total. The predicted octanol–water partition coefficient (Wildman–Crippen LogP) is 6.85. The fraction of sp³-hybridized carbons (Fsp3) is 0.241. The van der Waals surface area contributed by atoms with Crippen molar-refractivity contribution < 1.29 is 4.74 Å². The summed E-state index contributed by atoms with van der Waals surface area (Å²) in [5, 5.41) is 13.3. The van der Waals surface area contributed by atoms with Crippen LogP contribution in [0.4, 0.5) is 0 Å². The summed E-state index contributed by atoms with van der Waals surface area (Å²) in [6, 6.07) is 17.4. The lowest BCUT2D eigenvalue weighted by Crippen LogP contribution is -2.43. The summed E-state index contributed by atoms with van der Waals surface area (Å²) >= 11 is 6.77. The minimum Gasteiger partial charge on any atom is -0.492 e. The Morgan fingerprint density at radius 2 is 1.80 bits per heavy atom. The number of fused-ring (bicyclic) bond motifs is 2. The monoisotopic (exact) mass is 482 g/mol. The fourth-order valence-corrected chi connectivity index (χ4v) is 5.18. The maximum absolute atomic E-state index is 6.77. The smallest absolute Gasteiger partial charge is 0.138 e. The molecular weight excluding hydrogens is 456 g/mol. The van der Waals surface area contributed by atoms with Crippen LogP contribution in [0.2, 0.25) is 5.02 Å². The van der Waals surface area contributed by atoms with E-state index in [1.165, 1.54) is 17.5 Å². The van der Waals surface area contributed by atoms with E-state index in [4.69, 9.17) is 21.3 Å². The molecule has 0 radical (unpaired) electrons. The van der Waals surface area contributed by atoms with Crippen LogP contribution < -0.4 is 10.1 Å². The molecule has 1 fully saturated rings. The van der Waals surface area contributed by atoms with Crippen molar-refractivity contribution >= 4 is 33.4 Å². The molecule has 0 saturated carbocycles. The molecule has 6 heteroatoms. The van der Waals surface area contributed by atoms with E-state index < -0.39 is 0 Å². The van der Waals surface area contributed by atoms with Crippen LogP contribution in [-0.4, -0.2) is 34.4 Å². The number of nitrogens with one attached hydrogen (secondary N) is 2. The number of aromatic nitrogens is 3. The van der Waals surface area contributed by atoms with E-state index in [0.29, 0.717) is 17.7 Å². The van der Waals surface area contributed by atoms with Gasteiger partial charge in [0.15, 0.2) is 0 Å². The Morgan fingerprint density at radius 1 is 0.971 bits per heavy atom. The van der Waals surface area contributed by atoms with E-state index in [1.807, 2.05) is 24.5 Å². The Balaban J connectivity index is 1.51. The number of hydrogen-bond acceptors (Lipinski definition) is 4. The molecule has 6 rings (SSSR count). The van der Waals surface area contributed by atoms with Crippen molar-refractivity contribution in [1.82, 2.24) is 20.5 Å². The molecule has 0 amide bonds. The summed E-state index contributed by atoms with van der Waals surface area (Å²) < 4.78 is 6.54. The summed E-state index contributed by atoms with van der Waals surface area (Å²) in [7, 11) is 0. The molecule has 3 aromatic carbocycles. The standard InChI is InChI=1S/C29H27ClN4O/c1-17-9-18(2)11-20(10-17)25-16-32-28-14-26(30)23(19-3-4-27-21(12-19)15-33-34-27)13-24(28)29(25)35-8-6-22-5-7-31-22/h3-4,9-16,22,31H,5-8H2,1-2H3,(H,33,34). The lowest BCUT2D eigenvalue weighted by molar-refractivity contribution is 0.255. The molecule has 1 unspecified atom stereocenters. The van der Waals surface area contributed by atoms with Gasteiger partial charge in [-0.1, -0.05) is 47.0 Å². The second-order valence-electron chi connectivity index (χ2n) is 9.48. The quantitative estimate of drug-likeness (QED) is 0.278. The Morgan fingerprint density at radius 3 is 2.57 bits per heavy atom. The van der Waals surface area contributed by atoms with Gasteiger partial charge in [0.1, 0.15) is 5.75 Å². The highest BCUT2D eigenvalue weighted by Gasteiger charge is 2.19. The van der Waals surface area contributed by atoms with E-state index >= 15 is 0 Å². The minimum atomic E-state index is 0.541. The molecule has 3 heterocycles. The van der Waals surface area contributed by atoms with Crippen molar-refractivity contribution in [2.75, 3.05) is 13.2 Å². The van der Waals surface area contributed by atoms with Crippen LogP contribution >= 0.6 is 11.6 Å². The number of H-pyrrole nitrogens is 1. The Bertz CT molecular complexity index is 1530. The third-order valence-corrected chi connectivity index (χ3v) is 7.14. The number of halogens is 1. The molecule has 1 atom stereocenters. The molecule has 0 aliphatic carbocycles. The summed E-state index contributed by atoms with van der Waals surface area (Å²) in [4.78, 5) is 4.79. The lowest BCUT2D eigenvalue weighted by atomic mass is 9.97. The molecule has 0 spiro atoms. The largest absolute Gasteiger partial charge is 0.492 e. The molecule has 1 saturated heterocycles. The molecule has 2 aromatic heterocycles. The number of rotatable bonds is 6. The number of pyridine rings is 1. The molecule has 35 heavy (non-hydrogen) atoms. The molecule has 176 valence electrons. The van der Waals surface area contributed by atoms with Gasteiger partial charge in [-0.05, 0) is 68.6 Å². The highest BCUT2D eigenvalue weighted by molar-refractivity contribution is 6.34. The van der Waals surface area contributed by atoms with Crippen LogP contribution in [0.5, 0.6) is 5.75 Å². The van der Waals surface area contributed by atoms with Crippen LogP contribution in [-0.2, 0) is 0 Å². The SMILES string of the molecule is Cc1cc(C)cc(-c2cnc3cc(Cl)c(-c4ccc5[nH]ncc5c4)cc3c2OCCC2CCN2)c1. The lowest BCUT2D eigenvalue weighted by Gasteiger charge is -2.27. The Hall–Kier alpha value is -3.41. The number of benzene rings is 3. The first kappa shape index (κ1) is 22.1. The molecule has 1 aliphatic heterocycles. The number of ether oxygens (including phenoxy) is 1. The number of nitrogens with zero attached hydrogens (tertiary/aromatic N) is 2. The molecule has 5 aromatic rings. The van der Waals surface area contributed by atoms with Crippen molar-refractivity contribution in [1.29, 1.82) is 0 Å². The van der Waals surface area contributed by atoms with Gasteiger partial charge in [0, 0.05) is 34.1 Å². The van der Waals surface area contributed by atoms with Crippen molar-refractivity contribution in [3.05, 3.63) is 77.1 Å². The van der Waals surface area contributed by atoms with E-state index in [2.05, 4.69) is 65.8 Å². The maximum Gasteiger partial charge on any atom is 0.138 e. The van der Waals surface area contributed by atoms with Gasteiger partial charge in [-0.15, -0.1) is 0 Å². The summed E-state index contributed by atoms with van der Waals surface area (Å²) in [6.45, 7) is 5.99. The zero-order valence-electron chi connectivity index (χ0n) is 19.9. The minimum absolute atomic E-state index is 0.541. The highest BCUT2D eigenvalue weighted by atomic mass is 35.5. The van der Waals surface area contributed by atoms with Gasteiger partial charge >= 0.3 is 0 Å². The summed E-state index contributed by atoms with van der Waals surface area (Å²) in [5.41, 5.74) is 8.37. The van der Waals surface area contributed by atoms with Gasteiger partial charge in [-0.3, -0.25) is 10.1 Å². The van der Waals surface area contributed by atoms with E-state index in [1.54, 1.807) is 0 Å². The van der Waals surface area contributed by atoms with Crippen molar-refractivity contribution in [2.45, 2.75) is 32.7 Å². The van der Waals surface area contributed by atoms with Gasteiger partial charge in [0.2, 0.25) is 0 Å². The maximum atomic E-state index is 6.77. The van der Waals surface area contributed by atoms with Crippen LogP contribution in [0.25, 0.3) is 44.1 Å². The van der Waals surface area contributed by atoms with Crippen molar-refractivity contribution in [3.63, 3.8) is 0 Å². The number of aryl methyl sites for hydroxylation is 2.